The minimum Gasteiger partial charge on any atom is -0.482 e. The number of carbonyl (C=O) groups excluding carboxylic acids is 1. The van der Waals surface area contributed by atoms with Crippen molar-refractivity contribution in [1.82, 2.24) is 13.5 Å². The number of aryl methyl sites for hydroxylation is 1. The van der Waals surface area contributed by atoms with Gasteiger partial charge in [0.2, 0.25) is 0 Å². The van der Waals surface area contributed by atoms with E-state index < -0.39 is 29.1 Å². The molecule has 35 heavy (non-hydrogen) atoms. The summed E-state index contributed by atoms with van der Waals surface area (Å²) in [6.07, 6.45) is -4.84. The smallest absolute Gasteiger partial charge is 0.431 e. The molecule has 182 valence electrons. The van der Waals surface area contributed by atoms with E-state index in [1.165, 1.54) is 24.7 Å². The molecule has 0 saturated carbocycles. The van der Waals surface area contributed by atoms with Gasteiger partial charge in [-0.05, 0) is 60.4 Å². The van der Waals surface area contributed by atoms with Gasteiger partial charge >= 0.3 is 17.8 Å². The molecule has 0 saturated heterocycles. The lowest BCUT2D eigenvalue weighted by atomic mass is 10.0. The van der Waals surface area contributed by atoms with Gasteiger partial charge in [0.25, 0.3) is 5.56 Å². The van der Waals surface area contributed by atoms with Crippen molar-refractivity contribution in [3.8, 4) is 22.7 Å². The van der Waals surface area contributed by atoms with Crippen LogP contribution in [0.25, 0.3) is 27.0 Å². The molecule has 0 radical (unpaired) electrons. The number of hydrogen-bond donors (Lipinski definition) is 0. The van der Waals surface area contributed by atoms with E-state index in [4.69, 9.17) is 4.74 Å². The van der Waals surface area contributed by atoms with Gasteiger partial charge in [0.15, 0.2) is 6.61 Å². The van der Waals surface area contributed by atoms with Gasteiger partial charge in [0.05, 0.1) is 23.2 Å². The molecule has 12 heteroatoms. The van der Waals surface area contributed by atoms with Crippen molar-refractivity contribution >= 4 is 27.6 Å². The zero-order valence-electron chi connectivity index (χ0n) is 18.7. The maximum Gasteiger partial charge on any atom is 0.431 e. The van der Waals surface area contributed by atoms with Crippen LogP contribution in [0.3, 0.4) is 0 Å². The summed E-state index contributed by atoms with van der Waals surface area (Å²) in [4.78, 5) is 36.5. The second-order valence-electron chi connectivity index (χ2n) is 7.60. The molecule has 0 fully saturated rings. The summed E-state index contributed by atoms with van der Waals surface area (Å²) in [5.74, 6) is -0.0638. The van der Waals surface area contributed by atoms with Crippen LogP contribution in [0.4, 0.5) is 13.2 Å². The third kappa shape index (κ3) is 4.56. The van der Waals surface area contributed by atoms with Crippen molar-refractivity contribution in [3.05, 3.63) is 74.6 Å². The van der Waals surface area contributed by atoms with Gasteiger partial charge in [-0.2, -0.15) is 17.5 Å². The summed E-state index contributed by atoms with van der Waals surface area (Å²) in [5.41, 5.74) is -1.31. The van der Waals surface area contributed by atoms with E-state index in [9.17, 15) is 27.6 Å². The topological polar surface area (TPSA) is 92.4 Å². The number of aromatic nitrogens is 3. The van der Waals surface area contributed by atoms with Gasteiger partial charge in [0, 0.05) is 24.1 Å². The molecule has 4 aromatic rings. The largest absolute Gasteiger partial charge is 0.482 e. The molecule has 0 aliphatic carbocycles. The lowest BCUT2D eigenvalue weighted by Gasteiger charge is -2.14. The van der Waals surface area contributed by atoms with Crippen LogP contribution in [-0.2, 0) is 22.8 Å². The van der Waals surface area contributed by atoms with Crippen LogP contribution in [0.2, 0.25) is 0 Å². The second kappa shape index (κ2) is 9.02. The molecule has 0 amide bonds. The standard InChI is InChI=1S/C23H18F3N3O5S/c1-12-8-14(34-11-20(31)33-3)5-6-15(12)21-16-9-13(4-7-17(16)35-27-21)29-19(30)10-18(23(24,25)26)28(2)22(29)32/h4-10H,11H2,1-3H3. The van der Waals surface area contributed by atoms with Gasteiger partial charge in [-0.3, -0.25) is 9.36 Å². The van der Waals surface area contributed by atoms with Gasteiger partial charge in [-0.15, -0.1) is 0 Å². The van der Waals surface area contributed by atoms with Crippen LogP contribution in [0.15, 0.2) is 52.1 Å². The Hall–Kier alpha value is -3.93. The number of methoxy groups -OCH3 is 1. The molecule has 0 spiro atoms. The summed E-state index contributed by atoms with van der Waals surface area (Å²) < 4.78 is 55.8. The molecule has 0 aliphatic heterocycles. The number of ether oxygens (including phenoxy) is 2. The SMILES string of the molecule is COC(=O)COc1ccc(-c2nsc3ccc(-n4c(=O)cc(C(F)(F)F)n(C)c4=O)cc23)c(C)c1. The van der Waals surface area contributed by atoms with Crippen LogP contribution in [0.5, 0.6) is 5.75 Å². The number of carbonyl (C=O) groups is 1. The Morgan fingerprint density at radius 3 is 2.51 bits per heavy atom. The highest BCUT2D eigenvalue weighted by atomic mass is 32.1. The minimum absolute atomic E-state index is 0.119. The van der Waals surface area contributed by atoms with E-state index >= 15 is 0 Å². The Morgan fingerprint density at radius 1 is 1.11 bits per heavy atom. The number of nitrogens with zero attached hydrogens (tertiary/aromatic N) is 3. The van der Waals surface area contributed by atoms with Crippen LogP contribution in [0, 0.1) is 6.92 Å². The fourth-order valence-corrected chi connectivity index (χ4v) is 4.36. The lowest BCUT2D eigenvalue weighted by Crippen LogP contribution is -2.40. The normalized spacial score (nSPS) is 11.6. The van der Waals surface area contributed by atoms with Gasteiger partial charge in [-0.1, -0.05) is 0 Å². The Labute approximate surface area is 199 Å². The van der Waals surface area contributed by atoms with Crippen LogP contribution in [-0.4, -0.2) is 33.2 Å². The third-order valence-electron chi connectivity index (χ3n) is 5.36. The van der Waals surface area contributed by atoms with Crippen molar-refractivity contribution < 1.29 is 27.4 Å². The fraction of sp³-hybridized carbons (Fsp3) is 0.217. The second-order valence-corrected chi connectivity index (χ2v) is 8.40. The Morgan fingerprint density at radius 2 is 1.86 bits per heavy atom. The summed E-state index contributed by atoms with van der Waals surface area (Å²) in [6, 6.07) is 10.2. The highest BCUT2D eigenvalue weighted by Crippen LogP contribution is 2.35. The third-order valence-corrected chi connectivity index (χ3v) is 6.19. The molecule has 8 nitrogen and oxygen atoms in total. The average Bonchev–Trinajstić information content (AvgIpc) is 3.22. The molecular weight excluding hydrogens is 487 g/mol. The van der Waals surface area contributed by atoms with E-state index in [0.29, 0.717) is 32.0 Å². The van der Waals surface area contributed by atoms with Crippen LogP contribution in [0.1, 0.15) is 11.3 Å². The van der Waals surface area contributed by atoms with E-state index in [-0.39, 0.29) is 12.3 Å². The number of esters is 1. The summed E-state index contributed by atoms with van der Waals surface area (Å²) in [5, 5.41) is 0.618. The maximum absolute atomic E-state index is 13.2. The first kappa shape index (κ1) is 24.2. The summed E-state index contributed by atoms with van der Waals surface area (Å²) >= 11 is 1.20. The zero-order valence-corrected chi connectivity index (χ0v) is 19.5. The zero-order chi connectivity index (χ0) is 25.5. The Balaban J connectivity index is 1.79. The lowest BCUT2D eigenvalue weighted by molar-refractivity contribution is -0.144. The number of hydrogen-bond acceptors (Lipinski definition) is 7. The van der Waals surface area contributed by atoms with E-state index in [1.54, 1.807) is 30.3 Å². The first-order chi connectivity index (χ1) is 16.5. The average molecular weight is 505 g/mol. The van der Waals surface area contributed by atoms with Gasteiger partial charge < -0.3 is 9.47 Å². The number of halogens is 3. The predicted octanol–water partition coefficient (Wildman–Crippen LogP) is 3.69. The van der Waals surface area contributed by atoms with Crippen molar-refractivity contribution in [3.63, 3.8) is 0 Å². The van der Waals surface area contributed by atoms with Crippen molar-refractivity contribution in [2.75, 3.05) is 13.7 Å². The number of fused-ring (bicyclic) bond motifs is 1. The number of benzene rings is 2. The molecule has 0 unspecified atom stereocenters. The highest BCUT2D eigenvalue weighted by Gasteiger charge is 2.35. The quantitative estimate of drug-likeness (QED) is 0.384. The van der Waals surface area contributed by atoms with Crippen molar-refractivity contribution in [1.29, 1.82) is 0 Å². The monoisotopic (exact) mass is 505 g/mol. The van der Waals surface area contributed by atoms with Gasteiger partial charge in [0.1, 0.15) is 11.4 Å². The van der Waals surface area contributed by atoms with Gasteiger partial charge in [-0.25, -0.2) is 14.2 Å². The van der Waals surface area contributed by atoms with Crippen molar-refractivity contribution in [2.24, 2.45) is 7.05 Å². The van der Waals surface area contributed by atoms with E-state index in [2.05, 4.69) is 9.11 Å². The first-order valence-electron chi connectivity index (χ1n) is 10.1. The molecule has 0 atom stereocenters. The maximum atomic E-state index is 13.2. The number of alkyl halides is 3. The molecule has 0 aliphatic rings. The number of rotatable bonds is 5. The predicted molar refractivity (Wildman–Crippen MR) is 123 cm³/mol. The molecule has 4 rings (SSSR count). The Kier molecular flexibility index (Phi) is 6.24. The van der Waals surface area contributed by atoms with E-state index in [0.717, 1.165) is 22.9 Å². The molecule has 0 N–H and O–H groups in total. The molecular formula is C23H18F3N3O5S. The summed E-state index contributed by atoms with van der Waals surface area (Å²) in [6.45, 7) is 1.58. The van der Waals surface area contributed by atoms with E-state index in [1.807, 2.05) is 6.92 Å². The van der Waals surface area contributed by atoms with Crippen molar-refractivity contribution in [2.45, 2.75) is 13.1 Å². The molecule has 2 heterocycles. The molecule has 0 bridgehead atoms. The molecule has 2 aromatic carbocycles. The minimum atomic E-state index is -4.84. The Bertz CT molecular complexity index is 1570. The summed E-state index contributed by atoms with van der Waals surface area (Å²) in [7, 11) is 2.22. The van der Waals surface area contributed by atoms with Crippen LogP contribution < -0.4 is 16.0 Å². The van der Waals surface area contributed by atoms with Crippen LogP contribution >= 0.6 is 11.5 Å². The highest BCUT2D eigenvalue weighted by molar-refractivity contribution is 7.13. The fourth-order valence-electron chi connectivity index (χ4n) is 3.59. The first-order valence-corrected chi connectivity index (χ1v) is 10.9. The molecule has 2 aromatic heterocycles.